The van der Waals surface area contributed by atoms with E-state index in [1.54, 1.807) is 6.33 Å². The van der Waals surface area contributed by atoms with Crippen molar-refractivity contribution in [3.8, 4) is 0 Å². The number of aryl methyl sites for hydroxylation is 1. The first kappa shape index (κ1) is 10.2. The van der Waals surface area contributed by atoms with Gasteiger partial charge in [-0.05, 0) is 19.4 Å². The topological polar surface area (TPSA) is 42.7 Å². The molecule has 1 heterocycles. The fraction of sp³-hybridized carbons (Fsp3) is 0.778. The molecular formula is C9H18N4. The largest absolute Gasteiger partial charge is 0.317 e. The van der Waals surface area contributed by atoms with Crippen LogP contribution in [0.2, 0.25) is 0 Å². The van der Waals surface area contributed by atoms with Crippen molar-refractivity contribution in [2.24, 2.45) is 5.92 Å². The Morgan fingerprint density at radius 3 is 2.92 bits per heavy atom. The molecule has 0 bridgehead atoms. The van der Waals surface area contributed by atoms with Crippen LogP contribution >= 0.6 is 0 Å². The van der Waals surface area contributed by atoms with Crippen LogP contribution in [0.4, 0.5) is 0 Å². The van der Waals surface area contributed by atoms with E-state index in [2.05, 4.69) is 33.9 Å². The van der Waals surface area contributed by atoms with Gasteiger partial charge < -0.3 is 9.88 Å². The van der Waals surface area contributed by atoms with Crippen LogP contribution in [0.5, 0.6) is 0 Å². The molecule has 0 amide bonds. The van der Waals surface area contributed by atoms with Crippen LogP contribution < -0.4 is 5.32 Å². The molecule has 0 atom stereocenters. The molecule has 0 fully saturated rings. The van der Waals surface area contributed by atoms with Crippen LogP contribution in [0.3, 0.4) is 0 Å². The molecule has 0 aliphatic rings. The molecule has 4 heteroatoms. The lowest BCUT2D eigenvalue weighted by molar-refractivity contribution is 0.501. The Bertz CT molecular complexity index is 242. The zero-order valence-electron chi connectivity index (χ0n) is 8.62. The number of rotatable bonds is 5. The lowest BCUT2D eigenvalue weighted by Gasteiger charge is -2.07. The van der Waals surface area contributed by atoms with Crippen molar-refractivity contribution in [2.75, 3.05) is 7.05 Å². The number of hydrogen-bond acceptors (Lipinski definition) is 3. The molecule has 0 aliphatic carbocycles. The van der Waals surface area contributed by atoms with Crippen molar-refractivity contribution < 1.29 is 0 Å². The Morgan fingerprint density at radius 1 is 1.54 bits per heavy atom. The molecule has 0 saturated carbocycles. The average Bonchev–Trinajstić information content (AvgIpc) is 2.49. The fourth-order valence-electron chi connectivity index (χ4n) is 1.16. The number of hydrogen-bond donors (Lipinski definition) is 1. The maximum atomic E-state index is 4.03. The quantitative estimate of drug-likeness (QED) is 0.740. The van der Waals surface area contributed by atoms with E-state index in [1.807, 2.05) is 7.05 Å². The van der Waals surface area contributed by atoms with E-state index in [0.717, 1.165) is 24.8 Å². The minimum Gasteiger partial charge on any atom is -0.317 e. The van der Waals surface area contributed by atoms with Gasteiger partial charge in [-0.3, -0.25) is 0 Å². The van der Waals surface area contributed by atoms with E-state index in [4.69, 9.17) is 0 Å². The second kappa shape index (κ2) is 4.97. The molecule has 0 aromatic carbocycles. The Kier molecular flexibility index (Phi) is 3.89. The predicted octanol–water partition coefficient (Wildman–Crippen LogP) is 1.04. The summed E-state index contributed by atoms with van der Waals surface area (Å²) < 4.78 is 2.11. The fourth-order valence-corrected chi connectivity index (χ4v) is 1.16. The number of nitrogens with zero attached hydrogens (tertiary/aromatic N) is 3. The van der Waals surface area contributed by atoms with Gasteiger partial charge in [0.25, 0.3) is 0 Å². The first-order valence-corrected chi connectivity index (χ1v) is 4.75. The minimum absolute atomic E-state index is 0.727. The third-order valence-electron chi connectivity index (χ3n) is 1.98. The van der Waals surface area contributed by atoms with Crippen molar-refractivity contribution in [3.05, 3.63) is 12.2 Å². The van der Waals surface area contributed by atoms with Crippen LogP contribution in [0.1, 0.15) is 26.1 Å². The van der Waals surface area contributed by atoms with Crippen molar-refractivity contribution in [2.45, 2.75) is 33.4 Å². The summed E-state index contributed by atoms with van der Waals surface area (Å²) in [5.41, 5.74) is 0. The molecule has 1 aromatic rings. The summed E-state index contributed by atoms with van der Waals surface area (Å²) in [7, 11) is 1.92. The third-order valence-corrected chi connectivity index (χ3v) is 1.98. The van der Waals surface area contributed by atoms with Crippen LogP contribution in [0.25, 0.3) is 0 Å². The first-order chi connectivity index (χ1) is 6.24. The van der Waals surface area contributed by atoms with Crippen LogP contribution in [0.15, 0.2) is 6.33 Å². The monoisotopic (exact) mass is 182 g/mol. The highest BCUT2D eigenvalue weighted by atomic mass is 15.3. The summed E-state index contributed by atoms with van der Waals surface area (Å²) in [4.78, 5) is 0. The van der Waals surface area contributed by atoms with E-state index in [9.17, 15) is 0 Å². The van der Waals surface area contributed by atoms with Crippen LogP contribution in [-0.4, -0.2) is 21.8 Å². The highest BCUT2D eigenvalue weighted by Gasteiger charge is 2.02. The van der Waals surface area contributed by atoms with Gasteiger partial charge in [0.05, 0.1) is 6.54 Å². The summed E-state index contributed by atoms with van der Waals surface area (Å²) in [5.74, 6) is 1.74. The lowest BCUT2D eigenvalue weighted by Crippen LogP contribution is -2.12. The Hall–Kier alpha value is -0.900. The highest BCUT2D eigenvalue weighted by molar-refractivity contribution is 4.84. The van der Waals surface area contributed by atoms with Gasteiger partial charge in [-0.15, -0.1) is 10.2 Å². The van der Waals surface area contributed by atoms with E-state index in [0.29, 0.717) is 0 Å². The third kappa shape index (κ3) is 3.14. The summed E-state index contributed by atoms with van der Waals surface area (Å²) in [6.45, 7) is 6.25. The molecule has 74 valence electrons. The summed E-state index contributed by atoms with van der Waals surface area (Å²) in [6.07, 6.45) is 2.98. The standard InChI is InChI=1S/C9H18N4/c1-8(2)4-5-13-7-11-12-9(13)6-10-3/h7-8,10H,4-6H2,1-3H3. The molecular weight excluding hydrogens is 164 g/mol. The zero-order chi connectivity index (χ0) is 9.68. The van der Waals surface area contributed by atoms with Crippen LogP contribution in [-0.2, 0) is 13.1 Å². The number of nitrogens with one attached hydrogen (secondary N) is 1. The molecule has 4 nitrogen and oxygen atoms in total. The predicted molar refractivity (Wildman–Crippen MR) is 52.2 cm³/mol. The van der Waals surface area contributed by atoms with Gasteiger partial charge >= 0.3 is 0 Å². The molecule has 1 rings (SSSR count). The molecule has 0 aliphatic heterocycles. The molecule has 13 heavy (non-hydrogen) atoms. The minimum atomic E-state index is 0.727. The molecule has 0 radical (unpaired) electrons. The van der Waals surface area contributed by atoms with E-state index >= 15 is 0 Å². The normalized spacial score (nSPS) is 11.1. The second-order valence-electron chi connectivity index (χ2n) is 3.65. The zero-order valence-corrected chi connectivity index (χ0v) is 8.62. The van der Waals surface area contributed by atoms with Gasteiger partial charge in [-0.1, -0.05) is 13.8 Å². The van der Waals surface area contributed by atoms with Crippen LogP contribution in [0, 0.1) is 5.92 Å². The van der Waals surface area contributed by atoms with Gasteiger partial charge in [0, 0.05) is 6.54 Å². The van der Waals surface area contributed by atoms with Gasteiger partial charge in [0.1, 0.15) is 12.2 Å². The maximum Gasteiger partial charge on any atom is 0.146 e. The van der Waals surface area contributed by atoms with Crippen molar-refractivity contribution >= 4 is 0 Å². The molecule has 0 saturated heterocycles. The number of aromatic nitrogens is 3. The first-order valence-electron chi connectivity index (χ1n) is 4.75. The molecule has 1 N–H and O–H groups in total. The molecule has 0 spiro atoms. The SMILES string of the molecule is CNCc1nncn1CCC(C)C. The van der Waals surface area contributed by atoms with Crippen molar-refractivity contribution in [1.29, 1.82) is 0 Å². The Balaban J connectivity index is 2.49. The van der Waals surface area contributed by atoms with Gasteiger partial charge in [-0.25, -0.2) is 0 Å². The summed E-state index contributed by atoms with van der Waals surface area (Å²) in [5, 5.41) is 11.0. The molecule has 0 unspecified atom stereocenters. The second-order valence-corrected chi connectivity index (χ2v) is 3.65. The maximum absolute atomic E-state index is 4.03. The Labute approximate surface area is 79.4 Å². The van der Waals surface area contributed by atoms with Crippen molar-refractivity contribution in [3.63, 3.8) is 0 Å². The summed E-state index contributed by atoms with van der Waals surface area (Å²) >= 11 is 0. The highest BCUT2D eigenvalue weighted by Crippen LogP contribution is 2.03. The Morgan fingerprint density at radius 2 is 2.31 bits per heavy atom. The van der Waals surface area contributed by atoms with Gasteiger partial charge in [-0.2, -0.15) is 0 Å². The lowest BCUT2D eigenvalue weighted by atomic mass is 10.1. The summed E-state index contributed by atoms with van der Waals surface area (Å²) in [6, 6.07) is 0. The van der Waals surface area contributed by atoms with E-state index < -0.39 is 0 Å². The average molecular weight is 182 g/mol. The van der Waals surface area contributed by atoms with E-state index in [-0.39, 0.29) is 0 Å². The molecule has 1 aromatic heterocycles. The van der Waals surface area contributed by atoms with Crippen molar-refractivity contribution in [1.82, 2.24) is 20.1 Å². The van der Waals surface area contributed by atoms with Gasteiger partial charge in [0.15, 0.2) is 0 Å². The van der Waals surface area contributed by atoms with E-state index in [1.165, 1.54) is 6.42 Å². The smallest absolute Gasteiger partial charge is 0.146 e. The van der Waals surface area contributed by atoms with Gasteiger partial charge in [0.2, 0.25) is 0 Å².